The molecule has 0 fully saturated rings. The van der Waals surface area contributed by atoms with Crippen molar-refractivity contribution in [3.63, 3.8) is 0 Å². The van der Waals surface area contributed by atoms with Crippen molar-refractivity contribution in [2.24, 2.45) is 0 Å². The predicted molar refractivity (Wildman–Crippen MR) is 503 cm³/mol. The SMILES string of the molecule is CC(=O)OC1=C(c2cccc3ccccc23)Oc2c(ccc3ccccc23)-n2cccc21.CC(=O)OC1=C(c2cccc3ccccc23)Oc2cc3ccccc3cc2-n2cccc21.CN(C)C(=O)OC1=C(c2cccc3ccccc23)Oc2cc3ccccc3cc2-n2cccc21.CN(C)C(=O)OC1=C(c2cccc3ccccc23)Oc2cccnc2-n2cccc21. The highest BCUT2D eigenvalue weighted by atomic mass is 16.6. The van der Waals surface area contributed by atoms with E-state index < -0.39 is 24.1 Å². The minimum atomic E-state index is -0.488. The van der Waals surface area contributed by atoms with E-state index in [1.807, 2.05) is 274 Å². The van der Waals surface area contributed by atoms with Crippen LogP contribution in [0.5, 0.6) is 23.0 Å². The van der Waals surface area contributed by atoms with Gasteiger partial charge in [-0.2, -0.15) is 0 Å². The molecule has 0 N–H and O–H groups in total. The van der Waals surface area contributed by atoms with E-state index in [0.29, 0.717) is 74.8 Å². The standard InChI is InChI=1S/C29H22N2O3.2C28H19NO3.C24H19N3O3/c1-30(2)29(32)34-28-24-15-8-16-31(24)25-17-20-10-3-4-11-21(20)18-26(25)33-27(28)23-14-7-12-19-9-5-6-13-22(19)23;1-18(30)31-28-24-14-7-17-29(24)25-16-15-20-9-3-5-12-22(20)26(25)32-27(28)23-13-6-10-19-8-2-4-11-21(19)23;1-18(30)31-28-24-14-7-15-29(24)25-16-20-9-2-3-10-21(20)17-26(25)32-27(28)23-13-6-11-19-8-4-5-12-22(19)23;1-26(2)24(28)30-22-19-12-7-15-27(19)23-20(13-6-14-25-23)29-21(22)18-11-5-9-16-8-3-4-10-17(16)18/h3-18H,1-2H3;2*2-17H,1H3;3-15H,1-2H3. The van der Waals surface area contributed by atoms with Gasteiger partial charge in [0.25, 0.3) is 0 Å². The van der Waals surface area contributed by atoms with Gasteiger partial charge in [0, 0.05) is 101 Å². The topological polar surface area (TPSA) is 181 Å². The number of esters is 2. The number of nitrogens with zero attached hydrogens (tertiary/aromatic N) is 7. The summed E-state index contributed by atoms with van der Waals surface area (Å²) in [6, 6.07) is 113. The summed E-state index contributed by atoms with van der Waals surface area (Å²) in [5.74, 6) is 6.06. The molecule has 4 aliphatic rings. The fourth-order valence-electron chi connectivity index (χ4n) is 16.7. The van der Waals surface area contributed by atoms with Crippen molar-refractivity contribution >= 4 is 146 Å². The van der Waals surface area contributed by atoms with Crippen LogP contribution in [0.2, 0.25) is 0 Å². The number of rotatable bonds is 8. The lowest BCUT2D eigenvalue weighted by Crippen LogP contribution is -2.23. The number of amides is 2. The zero-order valence-electron chi connectivity index (χ0n) is 70.2. The summed E-state index contributed by atoms with van der Waals surface area (Å²) in [7, 11) is 6.62. The van der Waals surface area contributed by atoms with Crippen LogP contribution in [-0.2, 0) is 28.5 Å². The van der Waals surface area contributed by atoms with Crippen molar-refractivity contribution in [3.8, 4) is 45.9 Å². The van der Waals surface area contributed by atoms with E-state index in [9.17, 15) is 19.2 Å². The number of aromatic nitrogens is 5. The quantitative estimate of drug-likeness (QED) is 0.104. The Bertz CT molecular complexity index is 7810. The van der Waals surface area contributed by atoms with Gasteiger partial charge in [-0.05, 0) is 161 Å². The predicted octanol–water partition coefficient (Wildman–Crippen LogP) is 24.8. The van der Waals surface area contributed by atoms with Crippen molar-refractivity contribution in [1.29, 1.82) is 0 Å². The van der Waals surface area contributed by atoms with Crippen molar-refractivity contribution in [2.45, 2.75) is 13.8 Å². The van der Waals surface area contributed by atoms with Crippen LogP contribution >= 0.6 is 0 Å². The molecule has 2 amide bonds. The van der Waals surface area contributed by atoms with Crippen molar-refractivity contribution in [3.05, 3.63) is 416 Å². The van der Waals surface area contributed by atoms with Crippen LogP contribution in [0.1, 0.15) is 58.9 Å². The molecule has 19 aromatic rings. The van der Waals surface area contributed by atoms with Crippen LogP contribution in [0.4, 0.5) is 9.59 Å². The van der Waals surface area contributed by atoms with Gasteiger partial charge in [-0.25, -0.2) is 14.6 Å². The monoisotopic (exact) mass is 1680 g/mol. The maximum atomic E-state index is 12.8. The average molecular weight is 1680 g/mol. The van der Waals surface area contributed by atoms with E-state index in [1.165, 1.54) is 23.6 Å². The molecule has 0 saturated heterocycles. The first-order valence-electron chi connectivity index (χ1n) is 41.6. The number of fused-ring (bicyclic) bond motifs is 20. The van der Waals surface area contributed by atoms with Gasteiger partial charge in [-0.15, -0.1) is 0 Å². The van der Waals surface area contributed by atoms with Gasteiger partial charge in [0.05, 0.1) is 39.8 Å². The maximum absolute atomic E-state index is 12.8. The molecular weight excluding hydrogens is 1600 g/mol. The zero-order chi connectivity index (χ0) is 87.2. The minimum absolute atomic E-state index is 0.341. The van der Waals surface area contributed by atoms with Crippen LogP contribution in [0.25, 0.3) is 144 Å². The van der Waals surface area contributed by atoms with Gasteiger partial charge >= 0.3 is 24.1 Å². The first-order chi connectivity index (χ1) is 62.6. The van der Waals surface area contributed by atoms with E-state index in [0.717, 1.165) is 138 Å². The largest absolute Gasteiger partial charge is 0.450 e. The zero-order valence-corrected chi connectivity index (χ0v) is 70.2. The molecule has 5 aromatic heterocycles. The lowest BCUT2D eigenvalue weighted by molar-refractivity contribution is -0.135. The maximum Gasteiger partial charge on any atom is 0.414 e. The van der Waals surface area contributed by atoms with E-state index in [1.54, 1.807) is 34.4 Å². The summed E-state index contributed by atoms with van der Waals surface area (Å²) in [6.07, 6.45) is 8.50. The van der Waals surface area contributed by atoms with E-state index >= 15 is 0 Å². The molecule has 0 spiro atoms. The van der Waals surface area contributed by atoms with Gasteiger partial charge < -0.3 is 61.4 Å². The van der Waals surface area contributed by atoms with Gasteiger partial charge in [-0.3, -0.25) is 14.2 Å². The molecule has 19 heteroatoms. The molecular formula is C109H79N7O12. The molecule has 9 heterocycles. The van der Waals surface area contributed by atoms with Gasteiger partial charge in [0.2, 0.25) is 0 Å². The highest BCUT2D eigenvalue weighted by molar-refractivity contribution is 6.07. The number of carbonyl (C=O) groups excluding carboxylic acids is 4. The third-order valence-electron chi connectivity index (χ3n) is 22.6. The van der Waals surface area contributed by atoms with Gasteiger partial charge in [-0.1, -0.05) is 249 Å². The molecule has 0 unspecified atom stereocenters. The molecule has 0 atom stereocenters. The summed E-state index contributed by atoms with van der Waals surface area (Å²) < 4.78 is 57.7. The second kappa shape index (κ2) is 33.6. The first-order valence-corrected chi connectivity index (χ1v) is 41.6. The number of pyridine rings is 1. The molecule has 0 aliphatic carbocycles. The van der Waals surface area contributed by atoms with Crippen LogP contribution in [0.3, 0.4) is 0 Å². The Morgan fingerprint density at radius 3 is 0.961 bits per heavy atom. The number of hydrogen-bond acceptors (Lipinski definition) is 13. The Balaban J connectivity index is 0.000000107. The Morgan fingerprint density at radius 2 is 0.578 bits per heavy atom. The summed E-state index contributed by atoms with van der Waals surface area (Å²) in [4.78, 5) is 56.9. The summed E-state index contributed by atoms with van der Waals surface area (Å²) >= 11 is 0. The highest BCUT2D eigenvalue weighted by Crippen LogP contribution is 2.48. The molecule has 23 rings (SSSR count). The van der Waals surface area contributed by atoms with Crippen molar-refractivity contribution in [1.82, 2.24) is 33.1 Å². The Morgan fingerprint density at radius 1 is 0.273 bits per heavy atom. The molecule has 4 aliphatic heterocycles. The smallest absolute Gasteiger partial charge is 0.414 e. The fraction of sp³-hybridized carbons (Fsp3) is 0.0550. The van der Waals surface area contributed by atoms with Crippen LogP contribution < -0.4 is 18.9 Å². The molecule has 0 radical (unpaired) electrons. The number of ether oxygens (including phenoxy) is 8. The minimum Gasteiger partial charge on any atom is -0.450 e. The molecule has 0 bridgehead atoms. The average Bonchev–Trinajstić information content (AvgIpc) is 1.61. The van der Waals surface area contributed by atoms with Crippen molar-refractivity contribution < 1.29 is 57.1 Å². The second-order valence-corrected chi connectivity index (χ2v) is 31.2. The van der Waals surface area contributed by atoms with E-state index in [2.05, 4.69) is 114 Å². The third kappa shape index (κ3) is 14.9. The van der Waals surface area contributed by atoms with E-state index in [4.69, 9.17) is 37.9 Å². The molecule has 0 saturated carbocycles. The highest BCUT2D eigenvalue weighted by Gasteiger charge is 2.35. The van der Waals surface area contributed by atoms with E-state index in [-0.39, 0.29) is 0 Å². The normalized spacial score (nSPS) is 12.7. The number of hydrogen-bond donors (Lipinski definition) is 0. The van der Waals surface area contributed by atoms with Gasteiger partial charge in [0.15, 0.2) is 74.9 Å². The number of carbonyl (C=O) groups is 4. The lowest BCUT2D eigenvalue weighted by atomic mass is 10.0. The number of benzene rings is 14. The lowest BCUT2D eigenvalue weighted by Gasteiger charge is -2.17. The Hall–Kier alpha value is -17.2. The molecule has 19 nitrogen and oxygen atoms in total. The molecule has 14 aromatic carbocycles. The summed E-state index contributed by atoms with van der Waals surface area (Å²) in [6.45, 7) is 2.82. The summed E-state index contributed by atoms with van der Waals surface area (Å²) in [5.41, 5.74) is 9.04. The van der Waals surface area contributed by atoms with Gasteiger partial charge in [0.1, 0.15) is 0 Å². The third-order valence-corrected chi connectivity index (χ3v) is 22.6. The van der Waals surface area contributed by atoms with Crippen LogP contribution in [0, 0.1) is 0 Å². The summed E-state index contributed by atoms with van der Waals surface area (Å²) in [5, 5.41) is 14.8. The Labute approximate surface area is 735 Å². The van der Waals surface area contributed by atoms with Crippen LogP contribution in [0.15, 0.2) is 371 Å². The van der Waals surface area contributed by atoms with Crippen LogP contribution in [-0.4, -0.2) is 85.4 Å². The fourth-order valence-corrected chi connectivity index (χ4v) is 16.7. The first kappa shape index (κ1) is 79.3. The molecule has 128 heavy (non-hydrogen) atoms. The second-order valence-electron chi connectivity index (χ2n) is 31.2. The molecule has 622 valence electrons. The van der Waals surface area contributed by atoms with Crippen molar-refractivity contribution in [2.75, 3.05) is 28.2 Å². The Kier molecular flexibility index (Phi) is 20.8.